The Balaban J connectivity index is 3.02. The molecule has 0 aliphatic carbocycles. The fourth-order valence-electron chi connectivity index (χ4n) is 0.917. The molecule has 0 radical (unpaired) electrons. The first kappa shape index (κ1) is 11.8. The van der Waals surface area contributed by atoms with E-state index in [1.165, 1.54) is 0 Å². The lowest BCUT2D eigenvalue weighted by atomic mass is 10.3. The standard InChI is InChI=1S/C8H6BrF2NO3/c9-1-2-15-8-4-5(10)7(12(13)14)3-6(8)11/h3-4H,1-2H2. The number of benzene rings is 1. The molecule has 7 heteroatoms. The number of nitro benzene ring substituents is 1. The van der Waals surface area contributed by atoms with Crippen molar-refractivity contribution in [1.82, 2.24) is 0 Å². The molecule has 0 aromatic heterocycles. The fourth-order valence-corrected chi connectivity index (χ4v) is 1.08. The third-order valence-electron chi connectivity index (χ3n) is 1.53. The summed E-state index contributed by atoms with van der Waals surface area (Å²) in [7, 11) is 0. The van der Waals surface area contributed by atoms with E-state index in [9.17, 15) is 18.9 Å². The Morgan fingerprint density at radius 3 is 2.60 bits per heavy atom. The molecule has 0 N–H and O–H groups in total. The third kappa shape index (κ3) is 2.85. The van der Waals surface area contributed by atoms with Crippen molar-refractivity contribution in [3.63, 3.8) is 0 Å². The smallest absolute Gasteiger partial charge is 0.307 e. The SMILES string of the molecule is O=[N+]([O-])c1cc(F)c(OCCBr)cc1F. The average molecular weight is 282 g/mol. The maximum atomic E-state index is 13.1. The molecule has 0 aliphatic heterocycles. The van der Waals surface area contributed by atoms with Gasteiger partial charge in [-0.05, 0) is 0 Å². The Labute approximate surface area is 92.1 Å². The second kappa shape index (κ2) is 5.01. The Morgan fingerprint density at radius 2 is 2.07 bits per heavy atom. The Bertz CT molecular complexity index is 386. The molecule has 0 amide bonds. The summed E-state index contributed by atoms with van der Waals surface area (Å²) in [5.41, 5.74) is -0.904. The number of alkyl halides is 1. The number of nitro groups is 1. The highest BCUT2D eigenvalue weighted by molar-refractivity contribution is 9.09. The van der Waals surface area contributed by atoms with Crippen molar-refractivity contribution < 1.29 is 18.4 Å². The minimum atomic E-state index is -1.12. The zero-order chi connectivity index (χ0) is 11.4. The molecule has 0 saturated carbocycles. The molecule has 82 valence electrons. The van der Waals surface area contributed by atoms with Crippen LogP contribution in [-0.2, 0) is 0 Å². The zero-order valence-corrected chi connectivity index (χ0v) is 8.96. The molecule has 0 bridgehead atoms. The topological polar surface area (TPSA) is 52.4 Å². The van der Waals surface area contributed by atoms with Crippen molar-refractivity contribution in [2.24, 2.45) is 0 Å². The number of ether oxygens (including phenoxy) is 1. The lowest BCUT2D eigenvalue weighted by Gasteiger charge is -2.05. The van der Waals surface area contributed by atoms with Crippen LogP contribution in [0.15, 0.2) is 12.1 Å². The van der Waals surface area contributed by atoms with Crippen LogP contribution in [0, 0.1) is 21.7 Å². The number of hydrogen-bond donors (Lipinski definition) is 0. The van der Waals surface area contributed by atoms with E-state index in [4.69, 9.17) is 4.74 Å². The van der Waals surface area contributed by atoms with Crippen LogP contribution in [0.4, 0.5) is 14.5 Å². The fraction of sp³-hybridized carbons (Fsp3) is 0.250. The molecule has 0 aliphatic rings. The number of hydrogen-bond acceptors (Lipinski definition) is 3. The van der Waals surface area contributed by atoms with Gasteiger partial charge in [-0.3, -0.25) is 10.1 Å². The van der Waals surface area contributed by atoms with E-state index in [0.717, 1.165) is 0 Å². The van der Waals surface area contributed by atoms with E-state index >= 15 is 0 Å². The monoisotopic (exact) mass is 281 g/mol. The second-order valence-corrected chi connectivity index (χ2v) is 3.32. The van der Waals surface area contributed by atoms with Crippen molar-refractivity contribution in [2.45, 2.75) is 0 Å². The van der Waals surface area contributed by atoms with Gasteiger partial charge in [-0.15, -0.1) is 0 Å². The lowest BCUT2D eigenvalue weighted by Crippen LogP contribution is -2.02. The number of halogens is 3. The number of rotatable bonds is 4. The summed E-state index contributed by atoms with van der Waals surface area (Å²) in [5, 5.41) is 10.7. The molecule has 15 heavy (non-hydrogen) atoms. The highest BCUT2D eigenvalue weighted by Gasteiger charge is 2.19. The minimum absolute atomic E-state index is 0.147. The Kier molecular flexibility index (Phi) is 3.96. The van der Waals surface area contributed by atoms with Gasteiger partial charge in [0.2, 0.25) is 5.82 Å². The summed E-state index contributed by atoms with van der Waals surface area (Å²) in [5.74, 6) is -2.41. The molecule has 0 atom stereocenters. The molecule has 0 fully saturated rings. The number of nitrogens with zero attached hydrogens (tertiary/aromatic N) is 1. The van der Waals surface area contributed by atoms with E-state index < -0.39 is 22.2 Å². The van der Waals surface area contributed by atoms with Crippen LogP contribution in [0.1, 0.15) is 0 Å². The third-order valence-corrected chi connectivity index (χ3v) is 1.86. The van der Waals surface area contributed by atoms with Gasteiger partial charge in [-0.25, -0.2) is 4.39 Å². The van der Waals surface area contributed by atoms with Crippen LogP contribution in [0.2, 0.25) is 0 Å². The molecule has 0 unspecified atom stereocenters. The predicted octanol–water partition coefficient (Wildman–Crippen LogP) is 2.65. The lowest BCUT2D eigenvalue weighted by molar-refractivity contribution is -0.387. The van der Waals surface area contributed by atoms with Gasteiger partial charge >= 0.3 is 5.69 Å². The highest BCUT2D eigenvalue weighted by atomic mass is 79.9. The highest BCUT2D eigenvalue weighted by Crippen LogP contribution is 2.26. The van der Waals surface area contributed by atoms with Gasteiger partial charge in [-0.2, -0.15) is 4.39 Å². The summed E-state index contributed by atoms with van der Waals surface area (Å²) in [6.07, 6.45) is 0. The summed E-state index contributed by atoms with van der Waals surface area (Å²) in [6.45, 7) is 0.147. The normalized spacial score (nSPS) is 10.1. The van der Waals surface area contributed by atoms with Crippen molar-refractivity contribution in [3.8, 4) is 5.75 Å². The largest absolute Gasteiger partial charge is 0.490 e. The van der Waals surface area contributed by atoms with Crippen LogP contribution in [0.3, 0.4) is 0 Å². The molecule has 1 aromatic carbocycles. The minimum Gasteiger partial charge on any atom is -0.490 e. The first-order chi connectivity index (χ1) is 7.06. The molecule has 0 heterocycles. The molecule has 0 spiro atoms. The maximum absolute atomic E-state index is 13.1. The Hall–Kier alpha value is -1.24. The van der Waals surface area contributed by atoms with Gasteiger partial charge < -0.3 is 4.74 Å². The summed E-state index contributed by atoms with van der Waals surface area (Å²) >= 11 is 3.04. The summed E-state index contributed by atoms with van der Waals surface area (Å²) < 4.78 is 30.9. The molecule has 0 saturated heterocycles. The zero-order valence-electron chi connectivity index (χ0n) is 7.37. The van der Waals surface area contributed by atoms with Crippen molar-refractivity contribution in [1.29, 1.82) is 0 Å². The molecular formula is C8H6BrF2NO3. The molecular weight excluding hydrogens is 276 g/mol. The average Bonchev–Trinajstić information content (AvgIpc) is 2.18. The maximum Gasteiger partial charge on any atom is 0.307 e. The van der Waals surface area contributed by atoms with E-state index in [-0.39, 0.29) is 12.4 Å². The molecule has 4 nitrogen and oxygen atoms in total. The second-order valence-electron chi connectivity index (χ2n) is 2.53. The van der Waals surface area contributed by atoms with Crippen molar-refractivity contribution in [2.75, 3.05) is 11.9 Å². The van der Waals surface area contributed by atoms with Crippen molar-refractivity contribution in [3.05, 3.63) is 33.9 Å². The van der Waals surface area contributed by atoms with Crippen molar-refractivity contribution >= 4 is 21.6 Å². The van der Waals surface area contributed by atoms with Crippen LogP contribution in [-0.4, -0.2) is 16.9 Å². The predicted molar refractivity (Wildman–Crippen MR) is 52.3 cm³/mol. The quantitative estimate of drug-likeness (QED) is 0.484. The summed E-state index contributed by atoms with van der Waals surface area (Å²) in [6, 6.07) is 1.16. The van der Waals surface area contributed by atoms with Gasteiger partial charge in [-0.1, -0.05) is 15.9 Å². The van der Waals surface area contributed by atoms with E-state index in [1.54, 1.807) is 0 Å². The van der Waals surface area contributed by atoms with Gasteiger partial charge in [0.1, 0.15) is 0 Å². The molecule has 1 aromatic rings. The first-order valence-corrected chi connectivity index (χ1v) is 5.00. The van der Waals surface area contributed by atoms with Gasteiger partial charge in [0.25, 0.3) is 0 Å². The van der Waals surface area contributed by atoms with E-state index in [2.05, 4.69) is 15.9 Å². The van der Waals surface area contributed by atoms with Crippen LogP contribution >= 0.6 is 15.9 Å². The van der Waals surface area contributed by atoms with Crippen LogP contribution in [0.25, 0.3) is 0 Å². The van der Waals surface area contributed by atoms with Gasteiger partial charge in [0.05, 0.1) is 17.6 Å². The van der Waals surface area contributed by atoms with Crippen LogP contribution in [0.5, 0.6) is 5.75 Å². The van der Waals surface area contributed by atoms with Gasteiger partial charge in [0.15, 0.2) is 11.6 Å². The Morgan fingerprint density at radius 1 is 1.40 bits per heavy atom. The first-order valence-electron chi connectivity index (χ1n) is 3.88. The van der Waals surface area contributed by atoms with Gasteiger partial charge in [0, 0.05) is 11.4 Å². The van der Waals surface area contributed by atoms with Crippen LogP contribution < -0.4 is 4.74 Å². The summed E-state index contributed by atoms with van der Waals surface area (Å²) in [4.78, 5) is 9.26. The van der Waals surface area contributed by atoms with E-state index in [1.807, 2.05) is 0 Å². The molecule has 1 rings (SSSR count). The van der Waals surface area contributed by atoms with E-state index in [0.29, 0.717) is 17.5 Å².